The van der Waals surface area contributed by atoms with Crippen LogP contribution in [0.15, 0.2) is 12.1 Å². The normalized spacial score (nSPS) is 9.92. The molecule has 0 heterocycles. The number of nitro benzene ring substituents is 1. The van der Waals surface area contributed by atoms with Crippen molar-refractivity contribution in [2.45, 2.75) is 5.33 Å². The Morgan fingerprint density at radius 3 is 2.54 bits per heavy atom. The summed E-state index contributed by atoms with van der Waals surface area (Å²) in [6, 6.07) is 2.46. The van der Waals surface area contributed by atoms with E-state index in [1.54, 1.807) is 0 Å². The highest BCUT2D eigenvalue weighted by molar-refractivity contribution is 9.08. The standard InChI is InChI=1S/C7H6BrNO4/c8-3-4-1-5(9(12)13)7(11)6(10)2-4/h1-2,10-11H,3H2. The Hall–Kier alpha value is -1.30. The second kappa shape index (κ2) is 3.61. The fraction of sp³-hybridized carbons (Fsp3) is 0.143. The molecule has 1 aromatic rings. The molecule has 0 aliphatic rings. The predicted molar refractivity (Wildman–Crippen MR) is 49.1 cm³/mol. The van der Waals surface area contributed by atoms with Gasteiger partial charge in [0.1, 0.15) is 0 Å². The highest BCUT2D eigenvalue weighted by Gasteiger charge is 2.18. The molecule has 0 aromatic heterocycles. The third-order valence-corrected chi connectivity index (χ3v) is 2.13. The van der Waals surface area contributed by atoms with Gasteiger partial charge in [0, 0.05) is 11.4 Å². The molecule has 0 radical (unpaired) electrons. The van der Waals surface area contributed by atoms with E-state index < -0.39 is 22.1 Å². The van der Waals surface area contributed by atoms with Gasteiger partial charge in [0.2, 0.25) is 5.75 Å². The summed E-state index contributed by atoms with van der Waals surface area (Å²) < 4.78 is 0. The molecule has 0 atom stereocenters. The summed E-state index contributed by atoms with van der Waals surface area (Å²) in [5.41, 5.74) is 0.0384. The lowest BCUT2D eigenvalue weighted by molar-refractivity contribution is -0.386. The Balaban J connectivity index is 3.33. The molecule has 13 heavy (non-hydrogen) atoms. The molecule has 0 amide bonds. The van der Waals surface area contributed by atoms with Crippen molar-refractivity contribution in [2.24, 2.45) is 0 Å². The van der Waals surface area contributed by atoms with Gasteiger partial charge in [-0.15, -0.1) is 0 Å². The first-order valence-corrected chi connectivity index (χ1v) is 4.43. The van der Waals surface area contributed by atoms with Crippen LogP contribution in [0, 0.1) is 10.1 Å². The third kappa shape index (κ3) is 1.89. The van der Waals surface area contributed by atoms with E-state index in [4.69, 9.17) is 10.2 Å². The minimum absolute atomic E-state index is 0.377. The second-order valence-corrected chi connectivity index (χ2v) is 2.93. The monoisotopic (exact) mass is 247 g/mol. The number of benzene rings is 1. The Labute approximate surface area is 81.9 Å². The van der Waals surface area contributed by atoms with E-state index in [0.29, 0.717) is 10.9 Å². The lowest BCUT2D eigenvalue weighted by Crippen LogP contribution is -1.90. The third-order valence-electron chi connectivity index (χ3n) is 1.48. The number of nitrogens with zero attached hydrogens (tertiary/aromatic N) is 1. The number of hydrogen-bond donors (Lipinski definition) is 2. The number of hydrogen-bond acceptors (Lipinski definition) is 4. The zero-order valence-corrected chi connectivity index (χ0v) is 7.98. The summed E-state index contributed by atoms with van der Waals surface area (Å²) in [5, 5.41) is 28.9. The van der Waals surface area contributed by atoms with Gasteiger partial charge in [-0.3, -0.25) is 10.1 Å². The average Bonchev–Trinajstić information content (AvgIpc) is 2.09. The number of rotatable bonds is 2. The number of halogens is 1. The summed E-state index contributed by atoms with van der Waals surface area (Å²) in [6.45, 7) is 0. The number of aromatic hydroxyl groups is 2. The van der Waals surface area contributed by atoms with E-state index in [-0.39, 0.29) is 0 Å². The maximum absolute atomic E-state index is 10.4. The highest BCUT2D eigenvalue weighted by Crippen LogP contribution is 2.36. The molecule has 0 aliphatic carbocycles. The van der Waals surface area contributed by atoms with E-state index in [9.17, 15) is 10.1 Å². The lowest BCUT2D eigenvalue weighted by atomic mass is 10.2. The first-order valence-electron chi connectivity index (χ1n) is 3.31. The van der Waals surface area contributed by atoms with Gasteiger partial charge in [0.15, 0.2) is 5.75 Å². The minimum atomic E-state index is -0.749. The van der Waals surface area contributed by atoms with Crippen LogP contribution in [0.2, 0.25) is 0 Å². The smallest absolute Gasteiger partial charge is 0.314 e. The average molecular weight is 248 g/mol. The van der Waals surface area contributed by atoms with Crippen molar-refractivity contribution in [3.8, 4) is 11.5 Å². The van der Waals surface area contributed by atoms with Gasteiger partial charge in [-0.1, -0.05) is 15.9 Å². The van der Waals surface area contributed by atoms with E-state index in [1.807, 2.05) is 0 Å². The van der Waals surface area contributed by atoms with Crippen LogP contribution < -0.4 is 0 Å². The van der Waals surface area contributed by atoms with Gasteiger partial charge in [-0.25, -0.2) is 0 Å². The van der Waals surface area contributed by atoms with Gasteiger partial charge in [-0.05, 0) is 11.6 Å². The Morgan fingerprint density at radius 2 is 2.08 bits per heavy atom. The molecule has 0 saturated carbocycles. The molecule has 0 aliphatic heterocycles. The quantitative estimate of drug-likeness (QED) is 0.362. The van der Waals surface area contributed by atoms with Crippen molar-refractivity contribution in [3.05, 3.63) is 27.8 Å². The molecular formula is C7H6BrNO4. The van der Waals surface area contributed by atoms with Gasteiger partial charge in [0.25, 0.3) is 0 Å². The largest absolute Gasteiger partial charge is 0.504 e. The topological polar surface area (TPSA) is 83.6 Å². The maximum Gasteiger partial charge on any atom is 0.314 e. The van der Waals surface area contributed by atoms with E-state index in [0.717, 1.165) is 0 Å². The van der Waals surface area contributed by atoms with Crippen molar-refractivity contribution in [3.63, 3.8) is 0 Å². The summed E-state index contributed by atoms with van der Waals surface area (Å²) in [7, 11) is 0. The zero-order chi connectivity index (χ0) is 10.0. The van der Waals surface area contributed by atoms with E-state index in [1.165, 1.54) is 12.1 Å². The Kier molecular flexibility index (Phi) is 2.72. The molecule has 2 N–H and O–H groups in total. The van der Waals surface area contributed by atoms with Crippen LogP contribution >= 0.6 is 15.9 Å². The molecule has 70 valence electrons. The van der Waals surface area contributed by atoms with Gasteiger partial charge in [0.05, 0.1) is 4.92 Å². The highest BCUT2D eigenvalue weighted by atomic mass is 79.9. The minimum Gasteiger partial charge on any atom is -0.504 e. The molecule has 0 fully saturated rings. The van der Waals surface area contributed by atoms with Gasteiger partial charge >= 0.3 is 5.69 Å². The van der Waals surface area contributed by atoms with Crippen molar-refractivity contribution >= 4 is 21.6 Å². The summed E-state index contributed by atoms with van der Waals surface area (Å²) in [6.07, 6.45) is 0. The molecule has 0 bridgehead atoms. The van der Waals surface area contributed by atoms with Crippen LogP contribution in [-0.2, 0) is 5.33 Å². The Bertz CT molecular complexity index is 353. The van der Waals surface area contributed by atoms with Crippen LogP contribution in [0.4, 0.5) is 5.69 Å². The zero-order valence-electron chi connectivity index (χ0n) is 6.40. The van der Waals surface area contributed by atoms with Gasteiger partial charge < -0.3 is 10.2 Å². The molecule has 0 saturated heterocycles. The number of nitro groups is 1. The fourth-order valence-corrected chi connectivity index (χ4v) is 1.20. The SMILES string of the molecule is O=[N+]([O-])c1cc(CBr)cc(O)c1O. The Morgan fingerprint density at radius 1 is 1.46 bits per heavy atom. The summed E-state index contributed by atoms with van der Waals surface area (Å²) in [4.78, 5) is 9.61. The maximum atomic E-state index is 10.4. The predicted octanol–water partition coefficient (Wildman–Crippen LogP) is 1.90. The number of phenolic OH excluding ortho intramolecular Hbond substituents is 2. The van der Waals surface area contributed by atoms with Crippen LogP contribution in [0.1, 0.15) is 5.56 Å². The summed E-state index contributed by atoms with van der Waals surface area (Å²) >= 11 is 3.08. The number of phenols is 2. The molecule has 6 heteroatoms. The molecule has 5 nitrogen and oxygen atoms in total. The molecular weight excluding hydrogens is 242 g/mol. The fourth-order valence-electron chi connectivity index (χ4n) is 0.877. The molecule has 0 spiro atoms. The first-order chi connectivity index (χ1) is 6.06. The van der Waals surface area contributed by atoms with Crippen molar-refractivity contribution < 1.29 is 15.1 Å². The molecule has 0 unspecified atom stereocenters. The lowest BCUT2D eigenvalue weighted by Gasteiger charge is -2.01. The van der Waals surface area contributed by atoms with E-state index in [2.05, 4.69) is 15.9 Å². The van der Waals surface area contributed by atoms with Crippen molar-refractivity contribution in [1.82, 2.24) is 0 Å². The van der Waals surface area contributed by atoms with Crippen LogP contribution in [0.3, 0.4) is 0 Å². The van der Waals surface area contributed by atoms with Crippen LogP contribution in [-0.4, -0.2) is 15.1 Å². The van der Waals surface area contributed by atoms with Crippen molar-refractivity contribution in [1.29, 1.82) is 0 Å². The van der Waals surface area contributed by atoms with Crippen molar-refractivity contribution in [2.75, 3.05) is 0 Å². The van der Waals surface area contributed by atoms with E-state index >= 15 is 0 Å². The summed E-state index contributed by atoms with van der Waals surface area (Å²) in [5.74, 6) is -1.18. The van der Waals surface area contributed by atoms with Crippen LogP contribution in [0.25, 0.3) is 0 Å². The first kappa shape index (κ1) is 9.79. The molecule has 1 rings (SSSR count). The van der Waals surface area contributed by atoms with Crippen LogP contribution in [0.5, 0.6) is 11.5 Å². The van der Waals surface area contributed by atoms with Gasteiger partial charge in [-0.2, -0.15) is 0 Å². The second-order valence-electron chi connectivity index (χ2n) is 2.37. The number of alkyl halides is 1. The molecule has 1 aromatic carbocycles.